The van der Waals surface area contributed by atoms with Crippen LogP contribution in [0.5, 0.6) is 0 Å². The summed E-state index contributed by atoms with van der Waals surface area (Å²) in [4.78, 5) is 40.9. The van der Waals surface area contributed by atoms with E-state index >= 15 is 0 Å². The van der Waals surface area contributed by atoms with Gasteiger partial charge in [-0.3, -0.25) is 9.59 Å². The Kier molecular flexibility index (Phi) is 6.35. The molecule has 0 spiro atoms. The van der Waals surface area contributed by atoms with E-state index in [1.54, 1.807) is 0 Å². The second kappa shape index (κ2) is 8.55. The van der Waals surface area contributed by atoms with Crippen molar-refractivity contribution in [3.63, 3.8) is 0 Å². The van der Waals surface area contributed by atoms with Gasteiger partial charge in [0.1, 0.15) is 10.7 Å². The Morgan fingerprint density at radius 2 is 1.74 bits per heavy atom. The lowest BCUT2D eigenvalue weighted by Gasteiger charge is -2.37. The lowest BCUT2D eigenvalue weighted by Crippen LogP contribution is -2.46. The zero-order valence-corrected chi connectivity index (χ0v) is 17.3. The van der Waals surface area contributed by atoms with Crippen LogP contribution in [0.25, 0.3) is 0 Å². The van der Waals surface area contributed by atoms with Gasteiger partial charge in [0.2, 0.25) is 5.91 Å². The molecule has 0 N–H and O–H groups in total. The molecule has 6 heteroatoms. The maximum absolute atomic E-state index is 13.6. The molecule has 148 valence electrons. The van der Waals surface area contributed by atoms with Crippen LogP contribution in [0.3, 0.4) is 0 Å². The number of amides is 1. The van der Waals surface area contributed by atoms with Crippen molar-refractivity contribution in [2.45, 2.75) is 71.3 Å². The molecule has 0 bridgehead atoms. The quantitative estimate of drug-likeness (QED) is 0.708. The molecule has 0 aliphatic heterocycles. The van der Waals surface area contributed by atoms with E-state index < -0.39 is 5.97 Å². The summed E-state index contributed by atoms with van der Waals surface area (Å²) in [6, 6.07) is 1.91. The Balaban J connectivity index is 1.94. The van der Waals surface area contributed by atoms with E-state index in [1.165, 1.54) is 18.4 Å². The third-order valence-electron chi connectivity index (χ3n) is 5.95. The van der Waals surface area contributed by atoms with Gasteiger partial charge in [0.15, 0.2) is 0 Å². The number of Topliss-reactive ketones (excluding diaryl/α,β-unsaturated/α-hetero) is 1. The minimum atomic E-state index is -0.398. The molecule has 2 aliphatic carbocycles. The average Bonchev–Trinajstić information content (AvgIpc) is 3.04. The highest BCUT2D eigenvalue weighted by atomic mass is 32.1. The Labute approximate surface area is 165 Å². The Morgan fingerprint density at radius 3 is 2.33 bits per heavy atom. The molecule has 1 amide bonds. The molecular weight excluding hydrogens is 362 g/mol. The number of methoxy groups -OCH3 is 1. The second-order valence-corrected chi connectivity index (χ2v) is 9.25. The van der Waals surface area contributed by atoms with Crippen molar-refractivity contribution >= 4 is 34.7 Å². The van der Waals surface area contributed by atoms with Crippen LogP contribution < -0.4 is 4.90 Å². The molecule has 0 radical (unpaired) electrons. The number of rotatable bonds is 4. The minimum absolute atomic E-state index is 0.00420. The van der Waals surface area contributed by atoms with Crippen molar-refractivity contribution in [3.05, 3.63) is 15.8 Å². The first kappa shape index (κ1) is 20.1. The van der Waals surface area contributed by atoms with E-state index in [-0.39, 0.29) is 23.7 Å². The van der Waals surface area contributed by atoms with Crippen molar-refractivity contribution in [2.75, 3.05) is 12.0 Å². The molecule has 0 unspecified atom stereocenters. The summed E-state index contributed by atoms with van der Waals surface area (Å²) in [7, 11) is 1.37. The molecule has 2 aliphatic rings. The number of hydrogen-bond donors (Lipinski definition) is 0. The van der Waals surface area contributed by atoms with E-state index in [2.05, 4.69) is 6.92 Å². The molecule has 1 aromatic rings. The van der Waals surface area contributed by atoms with Crippen LogP contribution in [-0.4, -0.2) is 30.8 Å². The van der Waals surface area contributed by atoms with E-state index in [1.807, 2.05) is 17.9 Å². The number of anilines is 1. The van der Waals surface area contributed by atoms with Gasteiger partial charge in [-0.2, -0.15) is 0 Å². The number of carbonyl (C=O) groups excluding carboxylic acids is 3. The molecule has 0 atom stereocenters. The van der Waals surface area contributed by atoms with Gasteiger partial charge >= 0.3 is 5.97 Å². The van der Waals surface area contributed by atoms with Gasteiger partial charge in [-0.25, -0.2) is 4.79 Å². The maximum atomic E-state index is 13.6. The highest BCUT2D eigenvalue weighted by molar-refractivity contribution is 7.14. The number of carbonyl (C=O) groups is 3. The van der Waals surface area contributed by atoms with Gasteiger partial charge in [-0.15, -0.1) is 11.3 Å². The van der Waals surface area contributed by atoms with Crippen LogP contribution in [0.1, 0.15) is 72.8 Å². The summed E-state index contributed by atoms with van der Waals surface area (Å²) in [6.07, 6.45) is 6.30. The van der Waals surface area contributed by atoms with Crippen LogP contribution in [0, 0.1) is 18.8 Å². The molecule has 27 heavy (non-hydrogen) atoms. The zero-order chi connectivity index (χ0) is 19.6. The summed E-state index contributed by atoms with van der Waals surface area (Å²) < 4.78 is 4.96. The minimum Gasteiger partial charge on any atom is -0.465 e. The lowest BCUT2D eigenvalue weighted by molar-refractivity contribution is -0.125. The Hall–Kier alpha value is -1.69. The van der Waals surface area contributed by atoms with Crippen molar-refractivity contribution in [1.82, 2.24) is 0 Å². The number of ketones is 1. The van der Waals surface area contributed by atoms with Crippen molar-refractivity contribution in [1.29, 1.82) is 0 Å². The molecule has 3 rings (SSSR count). The number of esters is 1. The smallest absolute Gasteiger partial charge is 0.350 e. The van der Waals surface area contributed by atoms with Crippen LogP contribution in [-0.2, 0) is 14.3 Å². The normalized spacial score (nSPS) is 23.9. The van der Waals surface area contributed by atoms with Crippen molar-refractivity contribution in [3.8, 4) is 0 Å². The average molecular weight is 392 g/mol. The summed E-state index contributed by atoms with van der Waals surface area (Å²) in [5.41, 5.74) is 0.673. The van der Waals surface area contributed by atoms with E-state index in [0.717, 1.165) is 30.6 Å². The lowest BCUT2D eigenvalue weighted by atomic mass is 9.81. The fourth-order valence-corrected chi connectivity index (χ4v) is 5.22. The van der Waals surface area contributed by atoms with Gasteiger partial charge in [-0.05, 0) is 57.4 Å². The standard InChI is InChI=1S/C21H29NO4S/c1-13-4-6-15(7-5-13)20(24)22(16-8-10-17(23)11-9-16)18-12-14(2)27-19(18)21(25)26-3/h12-13,15-16H,4-11H2,1-3H3. The van der Waals surface area contributed by atoms with E-state index in [0.29, 0.717) is 42.2 Å². The zero-order valence-electron chi connectivity index (χ0n) is 16.5. The molecule has 1 heterocycles. The van der Waals surface area contributed by atoms with Crippen molar-refractivity contribution < 1.29 is 19.1 Å². The van der Waals surface area contributed by atoms with E-state index in [4.69, 9.17) is 4.74 Å². The Bertz CT molecular complexity index is 708. The van der Waals surface area contributed by atoms with Gasteiger partial charge in [0.25, 0.3) is 0 Å². The number of ether oxygens (including phenoxy) is 1. The molecule has 1 aromatic heterocycles. The number of nitrogens with zero attached hydrogens (tertiary/aromatic N) is 1. The highest BCUT2D eigenvalue weighted by Gasteiger charge is 2.37. The third kappa shape index (κ3) is 4.42. The van der Waals surface area contributed by atoms with Gasteiger partial charge in [0, 0.05) is 29.7 Å². The van der Waals surface area contributed by atoms with Crippen LogP contribution in [0.4, 0.5) is 5.69 Å². The predicted octanol–water partition coefficient (Wildman–Crippen LogP) is 4.51. The first-order valence-electron chi connectivity index (χ1n) is 9.94. The van der Waals surface area contributed by atoms with E-state index in [9.17, 15) is 14.4 Å². The molecular formula is C21H29NO4S. The molecule has 0 aromatic carbocycles. The predicted molar refractivity (Wildman–Crippen MR) is 106 cm³/mol. The fraction of sp³-hybridized carbons (Fsp3) is 0.667. The highest BCUT2D eigenvalue weighted by Crippen LogP contribution is 2.38. The molecule has 2 saturated carbocycles. The largest absolute Gasteiger partial charge is 0.465 e. The number of thiophene rings is 1. The SMILES string of the molecule is COC(=O)c1sc(C)cc1N(C(=O)C1CCC(C)CC1)C1CCC(=O)CC1. The van der Waals surface area contributed by atoms with Crippen LogP contribution in [0.2, 0.25) is 0 Å². The van der Waals surface area contributed by atoms with Crippen molar-refractivity contribution in [2.24, 2.45) is 11.8 Å². The number of aryl methyl sites for hydroxylation is 1. The first-order valence-corrected chi connectivity index (χ1v) is 10.8. The van der Waals surface area contributed by atoms with Gasteiger partial charge in [-0.1, -0.05) is 6.92 Å². The van der Waals surface area contributed by atoms with Gasteiger partial charge in [0.05, 0.1) is 12.8 Å². The summed E-state index contributed by atoms with van der Waals surface area (Å²) in [5.74, 6) is 0.655. The van der Waals surface area contributed by atoms with Crippen LogP contribution in [0.15, 0.2) is 6.07 Å². The van der Waals surface area contributed by atoms with Crippen LogP contribution >= 0.6 is 11.3 Å². The first-order chi connectivity index (χ1) is 12.9. The fourth-order valence-electron chi connectivity index (χ4n) is 4.30. The van der Waals surface area contributed by atoms with Gasteiger partial charge < -0.3 is 9.64 Å². The third-order valence-corrected chi connectivity index (χ3v) is 6.97. The molecule has 2 fully saturated rings. The summed E-state index contributed by atoms with van der Waals surface area (Å²) >= 11 is 1.37. The monoisotopic (exact) mass is 391 g/mol. The number of hydrogen-bond acceptors (Lipinski definition) is 5. The summed E-state index contributed by atoms with van der Waals surface area (Å²) in [5, 5.41) is 0. The maximum Gasteiger partial charge on any atom is 0.350 e. The summed E-state index contributed by atoms with van der Waals surface area (Å²) in [6.45, 7) is 4.18. The Morgan fingerprint density at radius 1 is 1.11 bits per heavy atom. The molecule has 5 nitrogen and oxygen atoms in total. The second-order valence-electron chi connectivity index (χ2n) is 8.00. The topological polar surface area (TPSA) is 63.7 Å². The molecule has 0 saturated heterocycles.